The van der Waals surface area contributed by atoms with E-state index in [0.717, 1.165) is 22.4 Å². The topological polar surface area (TPSA) is 88.9 Å². The molecule has 3 aromatic rings. The first-order chi connectivity index (χ1) is 14.3. The van der Waals surface area contributed by atoms with E-state index >= 15 is 0 Å². The maximum absolute atomic E-state index is 12.4. The first kappa shape index (κ1) is 21.6. The summed E-state index contributed by atoms with van der Waals surface area (Å²) < 4.78 is 1.79. The Kier molecular flexibility index (Phi) is 6.89. The molecular formula is C22H25N5O2S. The molecule has 0 aliphatic heterocycles. The molecule has 0 atom stereocenters. The van der Waals surface area contributed by atoms with Crippen LogP contribution in [0.3, 0.4) is 0 Å². The number of aryl methyl sites for hydroxylation is 3. The highest BCUT2D eigenvalue weighted by atomic mass is 32.2. The van der Waals surface area contributed by atoms with Gasteiger partial charge >= 0.3 is 0 Å². The van der Waals surface area contributed by atoms with Crippen LogP contribution >= 0.6 is 11.8 Å². The summed E-state index contributed by atoms with van der Waals surface area (Å²) in [4.78, 5) is 24.7. The van der Waals surface area contributed by atoms with Crippen LogP contribution in [0.25, 0.3) is 0 Å². The van der Waals surface area contributed by atoms with E-state index in [2.05, 4.69) is 20.8 Å². The molecule has 0 fully saturated rings. The normalized spacial score (nSPS) is 10.7. The first-order valence-electron chi connectivity index (χ1n) is 9.57. The van der Waals surface area contributed by atoms with Crippen LogP contribution in [0.4, 0.5) is 5.69 Å². The fourth-order valence-corrected chi connectivity index (χ4v) is 3.62. The van der Waals surface area contributed by atoms with Crippen LogP contribution in [-0.4, -0.2) is 32.3 Å². The number of anilines is 1. The zero-order chi connectivity index (χ0) is 21.7. The fourth-order valence-electron chi connectivity index (χ4n) is 2.89. The zero-order valence-electron chi connectivity index (χ0n) is 17.5. The number of hydrogen-bond donors (Lipinski definition) is 2. The predicted octanol–water partition coefficient (Wildman–Crippen LogP) is 3.40. The maximum atomic E-state index is 12.4. The molecule has 0 aliphatic rings. The molecule has 3 rings (SSSR count). The van der Waals surface area contributed by atoms with E-state index in [1.54, 1.807) is 10.6 Å². The second-order valence-electron chi connectivity index (χ2n) is 7.11. The summed E-state index contributed by atoms with van der Waals surface area (Å²) in [5.41, 5.74) is 4.48. The molecule has 30 heavy (non-hydrogen) atoms. The monoisotopic (exact) mass is 423 g/mol. The van der Waals surface area contributed by atoms with Gasteiger partial charge in [0.05, 0.1) is 12.3 Å². The molecule has 2 amide bonds. The zero-order valence-corrected chi connectivity index (χ0v) is 18.3. The molecule has 1 heterocycles. The van der Waals surface area contributed by atoms with E-state index in [1.807, 2.05) is 64.2 Å². The minimum atomic E-state index is -0.154. The van der Waals surface area contributed by atoms with Gasteiger partial charge in [-0.3, -0.25) is 9.59 Å². The van der Waals surface area contributed by atoms with Crippen molar-refractivity contribution in [3.05, 3.63) is 70.5 Å². The predicted molar refractivity (Wildman–Crippen MR) is 119 cm³/mol. The van der Waals surface area contributed by atoms with Gasteiger partial charge in [0.2, 0.25) is 5.91 Å². The van der Waals surface area contributed by atoms with Gasteiger partial charge in [0.1, 0.15) is 0 Å². The molecule has 156 valence electrons. The smallest absolute Gasteiger partial charge is 0.251 e. The number of nitrogens with zero attached hydrogens (tertiary/aromatic N) is 3. The molecule has 2 aromatic carbocycles. The number of nitrogens with one attached hydrogen (secondary N) is 2. The van der Waals surface area contributed by atoms with Crippen molar-refractivity contribution in [2.75, 3.05) is 11.1 Å². The van der Waals surface area contributed by atoms with Crippen LogP contribution in [0.5, 0.6) is 0 Å². The first-order valence-corrected chi connectivity index (χ1v) is 10.6. The average Bonchev–Trinajstić information content (AvgIpc) is 3.07. The van der Waals surface area contributed by atoms with E-state index in [-0.39, 0.29) is 24.1 Å². The van der Waals surface area contributed by atoms with Gasteiger partial charge in [-0.25, -0.2) is 0 Å². The molecule has 0 saturated heterocycles. The number of thioether (sulfide) groups is 1. The summed E-state index contributed by atoms with van der Waals surface area (Å²) in [6.07, 6.45) is 0. The fraction of sp³-hybridized carbons (Fsp3) is 0.273. The summed E-state index contributed by atoms with van der Waals surface area (Å²) in [7, 11) is 1.82. The van der Waals surface area contributed by atoms with Crippen molar-refractivity contribution in [1.82, 2.24) is 20.1 Å². The molecule has 8 heteroatoms. The van der Waals surface area contributed by atoms with Gasteiger partial charge in [-0.2, -0.15) is 0 Å². The largest absolute Gasteiger partial charge is 0.345 e. The van der Waals surface area contributed by atoms with Crippen molar-refractivity contribution in [2.24, 2.45) is 7.05 Å². The van der Waals surface area contributed by atoms with Crippen LogP contribution in [-0.2, 0) is 18.4 Å². The Labute approximate surface area is 180 Å². The highest BCUT2D eigenvalue weighted by molar-refractivity contribution is 7.99. The molecule has 1 aromatic heterocycles. The van der Waals surface area contributed by atoms with Gasteiger partial charge in [0.25, 0.3) is 5.91 Å². The third-order valence-corrected chi connectivity index (χ3v) is 5.74. The highest BCUT2D eigenvalue weighted by Gasteiger charge is 2.14. The second kappa shape index (κ2) is 9.58. The molecule has 2 N–H and O–H groups in total. The summed E-state index contributed by atoms with van der Waals surface area (Å²) in [5, 5.41) is 14.7. The van der Waals surface area contributed by atoms with Crippen molar-refractivity contribution >= 4 is 29.3 Å². The minimum absolute atomic E-state index is 0.105. The number of amides is 2. The number of rotatable bonds is 7. The Morgan fingerprint density at radius 1 is 1.03 bits per heavy atom. The third kappa shape index (κ3) is 5.27. The lowest BCUT2D eigenvalue weighted by Crippen LogP contribution is -2.25. The third-order valence-electron chi connectivity index (χ3n) is 4.72. The SMILES string of the molecule is Cc1ccc(C)c(NC(=O)CSc2nnc(CNC(=O)c3ccccc3C)n2C)c1. The van der Waals surface area contributed by atoms with Crippen molar-refractivity contribution in [2.45, 2.75) is 32.5 Å². The summed E-state index contributed by atoms with van der Waals surface area (Å²) in [6, 6.07) is 13.4. The lowest BCUT2D eigenvalue weighted by atomic mass is 10.1. The van der Waals surface area contributed by atoms with Crippen LogP contribution < -0.4 is 10.6 Å². The Hall–Kier alpha value is -3.13. The highest BCUT2D eigenvalue weighted by Crippen LogP contribution is 2.19. The lowest BCUT2D eigenvalue weighted by Gasteiger charge is -2.09. The van der Waals surface area contributed by atoms with Crippen LogP contribution in [0.1, 0.15) is 32.9 Å². The second-order valence-corrected chi connectivity index (χ2v) is 8.05. The molecule has 0 radical (unpaired) electrons. The molecule has 0 bridgehead atoms. The van der Waals surface area contributed by atoms with Gasteiger partial charge in [0.15, 0.2) is 11.0 Å². The Morgan fingerprint density at radius 3 is 2.57 bits per heavy atom. The molecule has 0 spiro atoms. The Balaban J connectivity index is 1.55. The molecule has 0 unspecified atom stereocenters. The molecule has 0 saturated carbocycles. The van der Waals surface area contributed by atoms with E-state index in [0.29, 0.717) is 16.5 Å². The van der Waals surface area contributed by atoms with Crippen LogP contribution in [0, 0.1) is 20.8 Å². The molecular weight excluding hydrogens is 398 g/mol. The summed E-state index contributed by atoms with van der Waals surface area (Å²) >= 11 is 1.30. The number of carbonyl (C=O) groups excluding carboxylic acids is 2. The van der Waals surface area contributed by atoms with E-state index in [4.69, 9.17) is 0 Å². The van der Waals surface area contributed by atoms with Gasteiger partial charge in [-0.05, 0) is 49.6 Å². The maximum Gasteiger partial charge on any atom is 0.251 e. The Bertz CT molecular complexity index is 1080. The van der Waals surface area contributed by atoms with E-state index in [9.17, 15) is 9.59 Å². The Morgan fingerprint density at radius 2 is 1.80 bits per heavy atom. The lowest BCUT2D eigenvalue weighted by molar-refractivity contribution is -0.113. The van der Waals surface area contributed by atoms with Gasteiger partial charge < -0.3 is 15.2 Å². The molecule has 0 aliphatic carbocycles. The van der Waals surface area contributed by atoms with Crippen molar-refractivity contribution in [3.63, 3.8) is 0 Å². The standard InChI is InChI=1S/C22H25N5O2S/c1-14-9-10-16(3)18(11-14)24-20(28)13-30-22-26-25-19(27(22)4)12-23-21(29)17-8-6-5-7-15(17)2/h5-11H,12-13H2,1-4H3,(H,23,29)(H,24,28). The van der Waals surface area contributed by atoms with Gasteiger partial charge in [-0.15, -0.1) is 10.2 Å². The minimum Gasteiger partial charge on any atom is -0.345 e. The number of aromatic nitrogens is 3. The van der Waals surface area contributed by atoms with Gasteiger partial charge in [-0.1, -0.05) is 42.1 Å². The number of hydrogen-bond acceptors (Lipinski definition) is 5. The summed E-state index contributed by atoms with van der Waals surface area (Å²) in [5.74, 6) is 0.577. The van der Waals surface area contributed by atoms with Crippen LogP contribution in [0.15, 0.2) is 47.6 Å². The van der Waals surface area contributed by atoms with E-state index in [1.165, 1.54) is 11.8 Å². The average molecular weight is 424 g/mol. The van der Waals surface area contributed by atoms with E-state index < -0.39 is 0 Å². The molecule has 7 nitrogen and oxygen atoms in total. The summed E-state index contributed by atoms with van der Waals surface area (Å²) in [6.45, 7) is 6.10. The van der Waals surface area contributed by atoms with Crippen molar-refractivity contribution in [1.29, 1.82) is 0 Å². The quantitative estimate of drug-likeness (QED) is 0.569. The van der Waals surface area contributed by atoms with Gasteiger partial charge in [0, 0.05) is 18.3 Å². The van der Waals surface area contributed by atoms with Crippen LogP contribution in [0.2, 0.25) is 0 Å². The number of carbonyl (C=O) groups is 2. The van der Waals surface area contributed by atoms with Crippen molar-refractivity contribution in [3.8, 4) is 0 Å². The van der Waals surface area contributed by atoms with Crippen molar-refractivity contribution < 1.29 is 9.59 Å². The number of benzene rings is 2.